The van der Waals surface area contributed by atoms with Crippen LogP contribution in [0.3, 0.4) is 0 Å². The fourth-order valence-electron chi connectivity index (χ4n) is 1.77. The molecule has 0 fully saturated rings. The molecule has 0 unspecified atom stereocenters. The van der Waals surface area contributed by atoms with Gasteiger partial charge in [-0.05, 0) is 12.1 Å². The Morgan fingerprint density at radius 2 is 2.31 bits per heavy atom. The topological polar surface area (TPSA) is 55.1 Å². The summed E-state index contributed by atoms with van der Waals surface area (Å²) in [5.41, 5.74) is 0.764. The number of carbonyl (C=O) groups is 1. The van der Waals surface area contributed by atoms with Crippen LogP contribution in [0.15, 0.2) is 18.2 Å². The summed E-state index contributed by atoms with van der Waals surface area (Å²) in [5.74, 6) is -0.856. The first-order valence-corrected chi connectivity index (χ1v) is 4.99. The normalized spacial score (nSPS) is 10.9. The van der Waals surface area contributed by atoms with E-state index in [9.17, 15) is 9.18 Å². The molecule has 0 saturated heterocycles. The molecule has 0 aliphatic carbocycles. The number of para-hydroxylation sites is 1. The number of aromatic nitrogens is 2. The van der Waals surface area contributed by atoms with Gasteiger partial charge in [0.15, 0.2) is 0 Å². The molecular weight excluding hydrogens is 211 g/mol. The van der Waals surface area contributed by atoms with Crippen LogP contribution in [-0.4, -0.2) is 20.6 Å². The van der Waals surface area contributed by atoms with Gasteiger partial charge in [-0.25, -0.2) is 9.37 Å². The molecule has 84 valence electrons. The minimum atomic E-state index is -1.00. The highest BCUT2D eigenvalue weighted by molar-refractivity contribution is 5.79. The maximum absolute atomic E-state index is 13.6. The number of benzene rings is 1. The van der Waals surface area contributed by atoms with Crippen molar-refractivity contribution in [3.63, 3.8) is 0 Å². The molecule has 1 aromatic carbocycles. The first kappa shape index (κ1) is 10.6. The van der Waals surface area contributed by atoms with Crippen molar-refractivity contribution in [3.05, 3.63) is 29.8 Å². The van der Waals surface area contributed by atoms with E-state index in [1.54, 1.807) is 12.1 Å². The SMILES string of the molecule is CCc1nc2cccc(F)c2n1CC(=O)O. The molecule has 2 aromatic rings. The summed E-state index contributed by atoms with van der Waals surface area (Å²) in [7, 11) is 0. The van der Waals surface area contributed by atoms with Crippen molar-refractivity contribution < 1.29 is 14.3 Å². The molecule has 2 rings (SSSR count). The van der Waals surface area contributed by atoms with Crippen LogP contribution in [0.25, 0.3) is 11.0 Å². The zero-order valence-electron chi connectivity index (χ0n) is 8.77. The Morgan fingerprint density at radius 1 is 1.56 bits per heavy atom. The van der Waals surface area contributed by atoms with Gasteiger partial charge in [0.2, 0.25) is 0 Å². The predicted molar refractivity (Wildman–Crippen MR) is 56.7 cm³/mol. The summed E-state index contributed by atoms with van der Waals surface area (Å²) in [6.07, 6.45) is 0.571. The van der Waals surface area contributed by atoms with Crippen molar-refractivity contribution in [2.24, 2.45) is 0 Å². The highest BCUT2D eigenvalue weighted by Crippen LogP contribution is 2.19. The predicted octanol–water partition coefficient (Wildman–Crippen LogP) is 1.82. The molecular formula is C11H11FN2O2. The van der Waals surface area contributed by atoms with E-state index in [1.807, 2.05) is 6.92 Å². The fraction of sp³-hybridized carbons (Fsp3) is 0.273. The number of rotatable bonds is 3. The van der Waals surface area contributed by atoms with E-state index in [4.69, 9.17) is 5.11 Å². The second kappa shape index (κ2) is 3.92. The number of carboxylic acid groups (broad SMARTS) is 1. The van der Waals surface area contributed by atoms with Crippen LogP contribution in [0, 0.1) is 5.82 Å². The molecule has 5 heteroatoms. The molecule has 0 aliphatic rings. The van der Waals surface area contributed by atoms with Gasteiger partial charge in [0.05, 0.1) is 5.52 Å². The lowest BCUT2D eigenvalue weighted by Gasteiger charge is -2.04. The lowest BCUT2D eigenvalue weighted by atomic mass is 10.3. The van der Waals surface area contributed by atoms with Crippen molar-refractivity contribution >= 4 is 17.0 Å². The Balaban J connectivity index is 2.70. The van der Waals surface area contributed by atoms with E-state index in [-0.39, 0.29) is 12.1 Å². The molecule has 1 aromatic heterocycles. The third-order valence-electron chi connectivity index (χ3n) is 2.41. The molecule has 4 nitrogen and oxygen atoms in total. The van der Waals surface area contributed by atoms with Gasteiger partial charge in [0, 0.05) is 6.42 Å². The van der Waals surface area contributed by atoms with E-state index in [0.717, 1.165) is 0 Å². The molecule has 0 aliphatic heterocycles. The fourth-order valence-corrected chi connectivity index (χ4v) is 1.77. The van der Waals surface area contributed by atoms with Crippen LogP contribution >= 0.6 is 0 Å². The second-order valence-electron chi connectivity index (χ2n) is 3.47. The summed E-state index contributed by atoms with van der Waals surface area (Å²) < 4.78 is 15.0. The van der Waals surface area contributed by atoms with E-state index in [1.165, 1.54) is 10.6 Å². The summed E-state index contributed by atoms with van der Waals surface area (Å²) in [5, 5.41) is 8.78. The van der Waals surface area contributed by atoms with Crippen LogP contribution in [0.4, 0.5) is 4.39 Å². The van der Waals surface area contributed by atoms with Crippen molar-refractivity contribution in [3.8, 4) is 0 Å². The van der Waals surface area contributed by atoms with Gasteiger partial charge >= 0.3 is 5.97 Å². The second-order valence-corrected chi connectivity index (χ2v) is 3.47. The summed E-state index contributed by atoms with van der Waals surface area (Å²) in [6, 6.07) is 4.55. The number of aryl methyl sites for hydroxylation is 1. The zero-order chi connectivity index (χ0) is 11.7. The highest BCUT2D eigenvalue weighted by atomic mass is 19.1. The van der Waals surface area contributed by atoms with E-state index >= 15 is 0 Å². The van der Waals surface area contributed by atoms with Gasteiger partial charge in [0.1, 0.15) is 23.7 Å². The average molecular weight is 222 g/mol. The van der Waals surface area contributed by atoms with E-state index in [0.29, 0.717) is 17.8 Å². The van der Waals surface area contributed by atoms with E-state index in [2.05, 4.69) is 4.98 Å². The van der Waals surface area contributed by atoms with E-state index < -0.39 is 11.8 Å². The maximum Gasteiger partial charge on any atom is 0.323 e. The summed E-state index contributed by atoms with van der Waals surface area (Å²) in [4.78, 5) is 14.9. The number of fused-ring (bicyclic) bond motifs is 1. The Morgan fingerprint density at radius 3 is 2.94 bits per heavy atom. The van der Waals surface area contributed by atoms with Gasteiger partial charge in [-0.15, -0.1) is 0 Å². The van der Waals surface area contributed by atoms with Crippen molar-refractivity contribution in [1.82, 2.24) is 9.55 Å². The van der Waals surface area contributed by atoms with Crippen LogP contribution in [0.5, 0.6) is 0 Å². The standard InChI is InChI=1S/C11H11FN2O2/c1-2-9-13-8-5-3-4-7(12)11(8)14(9)6-10(15)16/h3-5H,2,6H2,1H3,(H,15,16). The molecule has 0 saturated carbocycles. The van der Waals surface area contributed by atoms with Crippen LogP contribution in [0.1, 0.15) is 12.7 Å². The molecule has 1 heterocycles. The molecule has 1 N–H and O–H groups in total. The molecule has 16 heavy (non-hydrogen) atoms. The number of imidazole rings is 1. The molecule has 0 atom stereocenters. The molecule has 0 spiro atoms. The Kier molecular flexibility index (Phi) is 2.60. The monoisotopic (exact) mass is 222 g/mol. The number of nitrogens with zero attached hydrogens (tertiary/aromatic N) is 2. The average Bonchev–Trinajstić information content (AvgIpc) is 2.57. The first-order chi connectivity index (χ1) is 7.63. The lowest BCUT2D eigenvalue weighted by molar-refractivity contribution is -0.137. The highest BCUT2D eigenvalue weighted by Gasteiger charge is 2.14. The lowest BCUT2D eigenvalue weighted by Crippen LogP contribution is -2.12. The summed E-state index contributed by atoms with van der Waals surface area (Å²) >= 11 is 0. The number of hydrogen-bond acceptors (Lipinski definition) is 2. The van der Waals surface area contributed by atoms with Crippen molar-refractivity contribution in [2.45, 2.75) is 19.9 Å². The Labute approximate surface area is 91.3 Å². The maximum atomic E-state index is 13.6. The molecule has 0 amide bonds. The van der Waals surface area contributed by atoms with Gasteiger partial charge in [0.25, 0.3) is 0 Å². The number of aliphatic carboxylic acids is 1. The van der Waals surface area contributed by atoms with Gasteiger partial charge in [-0.1, -0.05) is 13.0 Å². The third-order valence-corrected chi connectivity index (χ3v) is 2.41. The summed E-state index contributed by atoms with van der Waals surface area (Å²) in [6.45, 7) is 1.60. The third kappa shape index (κ3) is 1.64. The van der Waals surface area contributed by atoms with Crippen molar-refractivity contribution in [2.75, 3.05) is 0 Å². The van der Waals surface area contributed by atoms with Crippen LogP contribution in [0.2, 0.25) is 0 Å². The zero-order valence-corrected chi connectivity index (χ0v) is 8.77. The molecule has 0 radical (unpaired) electrons. The van der Waals surface area contributed by atoms with Gasteiger partial charge < -0.3 is 9.67 Å². The van der Waals surface area contributed by atoms with Gasteiger partial charge in [-0.2, -0.15) is 0 Å². The van der Waals surface area contributed by atoms with Crippen LogP contribution in [-0.2, 0) is 17.8 Å². The minimum absolute atomic E-state index is 0.263. The quantitative estimate of drug-likeness (QED) is 0.861. The first-order valence-electron chi connectivity index (χ1n) is 4.99. The number of halogens is 1. The van der Waals surface area contributed by atoms with Crippen molar-refractivity contribution in [1.29, 1.82) is 0 Å². The Bertz CT molecular complexity index is 548. The number of hydrogen-bond donors (Lipinski definition) is 1. The van der Waals surface area contributed by atoms with Crippen LogP contribution < -0.4 is 0 Å². The minimum Gasteiger partial charge on any atom is -0.480 e. The molecule has 0 bridgehead atoms. The van der Waals surface area contributed by atoms with Gasteiger partial charge in [-0.3, -0.25) is 4.79 Å². The smallest absolute Gasteiger partial charge is 0.323 e. The number of carboxylic acids is 1. The Hall–Kier alpha value is -1.91. The largest absolute Gasteiger partial charge is 0.480 e.